The second kappa shape index (κ2) is 12.7. The predicted molar refractivity (Wildman–Crippen MR) is 140 cm³/mol. The lowest BCUT2D eigenvalue weighted by Crippen LogP contribution is -2.16. The first-order chi connectivity index (χ1) is 16.4. The van der Waals surface area contributed by atoms with Gasteiger partial charge in [-0.05, 0) is 44.2 Å². The molecule has 0 atom stereocenters. The minimum Gasteiger partial charge on any atom is -0.398 e. The fourth-order valence-electron chi connectivity index (χ4n) is 2.70. The van der Waals surface area contributed by atoms with Gasteiger partial charge in [0.1, 0.15) is 5.82 Å². The molecule has 0 saturated carbocycles. The molecule has 0 aliphatic carbocycles. The summed E-state index contributed by atoms with van der Waals surface area (Å²) in [4.78, 5) is 16.6. The summed E-state index contributed by atoms with van der Waals surface area (Å²) in [5, 5.41) is 25.1. The first-order valence-corrected chi connectivity index (χ1v) is 11.1. The number of aryl methyl sites for hydroxylation is 1. The van der Waals surface area contributed by atoms with Gasteiger partial charge in [0, 0.05) is 41.1 Å². The van der Waals surface area contributed by atoms with E-state index < -0.39 is 5.91 Å². The number of amides is 1. The average Bonchev–Trinajstić information content (AvgIpc) is 3.21. The molecule has 0 radical (unpaired) electrons. The summed E-state index contributed by atoms with van der Waals surface area (Å²) in [7, 11) is 0. The van der Waals surface area contributed by atoms with Gasteiger partial charge in [-0.1, -0.05) is 38.8 Å². The van der Waals surface area contributed by atoms with E-state index in [2.05, 4.69) is 34.6 Å². The molecule has 1 amide bonds. The van der Waals surface area contributed by atoms with Crippen molar-refractivity contribution in [2.45, 2.75) is 40.5 Å². The number of unbranched alkanes of at least 4 members (excludes halogenated alkanes) is 1. The molecule has 178 valence electrons. The summed E-state index contributed by atoms with van der Waals surface area (Å²) in [5.41, 5.74) is 8.88. The molecule has 9 heteroatoms. The molecule has 0 saturated heterocycles. The second-order valence-corrected chi connectivity index (χ2v) is 7.44. The second-order valence-electron chi connectivity index (χ2n) is 7.44. The quantitative estimate of drug-likeness (QED) is 0.177. The van der Waals surface area contributed by atoms with Gasteiger partial charge in [-0.2, -0.15) is 0 Å². The van der Waals surface area contributed by atoms with Crippen LogP contribution in [-0.2, 0) is 4.79 Å². The highest BCUT2D eigenvalue weighted by atomic mass is 16.1. The number of nitrogens with one attached hydrogen (secondary N) is 4. The van der Waals surface area contributed by atoms with Crippen molar-refractivity contribution in [2.24, 2.45) is 0 Å². The zero-order valence-corrected chi connectivity index (χ0v) is 20.0. The molecule has 0 aliphatic rings. The number of anilines is 4. The van der Waals surface area contributed by atoms with Gasteiger partial charge >= 0.3 is 0 Å². The van der Waals surface area contributed by atoms with Crippen molar-refractivity contribution in [1.82, 2.24) is 14.8 Å². The molecular weight excluding hydrogens is 428 g/mol. The van der Waals surface area contributed by atoms with Crippen LogP contribution in [0.3, 0.4) is 0 Å². The van der Waals surface area contributed by atoms with E-state index in [1.807, 2.05) is 19.2 Å². The van der Waals surface area contributed by atoms with Gasteiger partial charge in [0.25, 0.3) is 5.91 Å². The van der Waals surface area contributed by atoms with E-state index in [4.69, 9.17) is 16.6 Å². The van der Waals surface area contributed by atoms with Gasteiger partial charge in [-0.3, -0.25) is 4.79 Å². The number of rotatable bonds is 8. The van der Waals surface area contributed by atoms with Gasteiger partial charge in [0.2, 0.25) is 0 Å². The van der Waals surface area contributed by atoms with Crippen LogP contribution in [0.15, 0.2) is 54.2 Å². The van der Waals surface area contributed by atoms with Crippen LogP contribution in [0, 0.1) is 17.7 Å². The lowest BCUT2D eigenvalue weighted by atomic mass is 10.1. The average molecular weight is 461 g/mol. The summed E-state index contributed by atoms with van der Waals surface area (Å²) in [6.07, 6.45) is 8.21. The molecule has 0 unspecified atom stereocenters. The number of hydrogen-bond donors (Lipinski definition) is 5. The lowest BCUT2D eigenvalue weighted by Gasteiger charge is -2.08. The van der Waals surface area contributed by atoms with Crippen molar-refractivity contribution in [3.05, 3.63) is 65.4 Å². The van der Waals surface area contributed by atoms with Crippen LogP contribution in [0.25, 0.3) is 5.82 Å². The Morgan fingerprint density at radius 2 is 1.91 bits per heavy atom. The van der Waals surface area contributed by atoms with E-state index in [0.29, 0.717) is 28.7 Å². The van der Waals surface area contributed by atoms with Gasteiger partial charge in [0.15, 0.2) is 11.6 Å². The Kier molecular flexibility index (Phi) is 9.70. The predicted octanol–water partition coefficient (Wildman–Crippen LogP) is 5.24. The SMILES string of the molecule is C/C=C(\C=N)C(=O)Nc1cccc(-n2cc(C)c(Nc3ccc(N)c(C=N)c3)n2)n1.CCCC. The normalized spacial score (nSPS) is 10.6. The third-order valence-corrected chi connectivity index (χ3v) is 4.84. The third kappa shape index (κ3) is 6.86. The molecule has 3 rings (SSSR count). The highest BCUT2D eigenvalue weighted by Gasteiger charge is 2.11. The number of nitrogen functional groups attached to an aromatic ring is 1. The maximum atomic E-state index is 12.1. The summed E-state index contributed by atoms with van der Waals surface area (Å²) >= 11 is 0. The van der Waals surface area contributed by atoms with Crippen LogP contribution < -0.4 is 16.4 Å². The lowest BCUT2D eigenvalue weighted by molar-refractivity contribution is -0.112. The Morgan fingerprint density at radius 3 is 2.53 bits per heavy atom. The third-order valence-electron chi connectivity index (χ3n) is 4.84. The van der Waals surface area contributed by atoms with E-state index >= 15 is 0 Å². The number of carbonyl (C=O) groups excluding carboxylic acids is 1. The number of benzene rings is 1. The molecule has 0 aliphatic heterocycles. The van der Waals surface area contributed by atoms with Crippen molar-refractivity contribution in [3.8, 4) is 5.82 Å². The number of nitrogens with two attached hydrogens (primary N) is 1. The van der Waals surface area contributed by atoms with E-state index in [1.165, 1.54) is 19.1 Å². The van der Waals surface area contributed by atoms with E-state index in [0.717, 1.165) is 17.5 Å². The summed E-state index contributed by atoms with van der Waals surface area (Å²) in [6.45, 7) is 7.96. The van der Waals surface area contributed by atoms with Gasteiger partial charge in [0.05, 0.1) is 5.57 Å². The number of aromatic nitrogens is 3. The number of carbonyl (C=O) groups is 1. The highest BCUT2D eigenvalue weighted by Crippen LogP contribution is 2.23. The van der Waals surface area contributed by atoms with Gasteiger partial charge in [-0.15, -0.1) is 5.10 Å². The monoisotopic (exact) mass is 460 g/mol. The Morgan fingerprint density at radius 1 is 1.18 bits per heavy atom. The molecule has 0 spiro atoms. The van der Waals surface area contributed by atoms with Crippen LogP contribution in [0.4, 0.5) is 23.0 Å². The Bertz CT molecular complexity index is 1180. The van der Waals surface area contributed by atoms with Crippen molar-refractivity contribution in [3.63, 3.8) is 0 Å². The standard InChI is InChI=1S/C21H22N8O.C4H10/c1-3-14(10-22)21(30)27-18-5-4-6-19(26-18)29-12-13(2)20(28-29)25-16-7-8-17(24)15(9-16)11-23;1-3-4-2/h3-12,22-23H,24H2,1-2H3,(H,25,28)(H,26,27,30);3-4H2,1-2H3/b14-3+,22-10?,23-11?;. The molecule has 0 fully saturated rings. The smallest absolute Gasteiger partial charge is 0.258 e. The molecular formula is C25H32N8O. The van der Waals surface area contributed by atoms with E-state index in [9.17, 15) is 4.79 Å². The van der Waals surface area contributed by atoms with Crippen LogP contribution in [-0.4, -0.2) is 33.1 Å². The maximum absolute atomic E-state index is 12.1. The summed E-state index contributed by atoms with van der Waals surface area (Å²) in [6, 6.07) is 10.5. The molecule has 6 N–H and O–H groups in total. The topological polar surface area (TPSA) is 146 Å². The van der Waals surface area contributed by atoms with Crippen LogP contribution in [0.1, 0.15) is 44.7 Å². The largest absolute Gasteiger partial charge is 0.398 e. The zero-order chi connectivity index (χ0) is 25.1. The van der Waals surface area contributed by atoms with Crippen LogP contribution in [0.5, 0.6) is 0 Å². The summed E-state index contributed by atoms with van der Waals surface area (Å²) in [5.74, 6) is 1.11. The zero-order valence-electron chi connectivity index (χ0n) is 20.0. The number of allylic oxidation sites excluding steroid dienone is 1. The van der Waals surface area contributed by atoms with Crippen molar-refractivity contribution < 1.29 is 4.79 Å². The summed E-state index contributed by atoms with van der Waals surface area (Å²) < 4.78 is 1.61. The van der Waals surface area contributed by atoms with Crippen LogP contribution in [0.2, 0.25) is 0 Å². The number of nitrogens with zero attached hydrogens (tertiary/aromatic N) is 3. The minimum absolute atomic E-state index is 0.247. The minimum atomic E-state index is -0.401. The van der Waals surface area contributed by atoms with Crippen molar-refractivity contribution >= 4 is 41.3 Å². The maximum Gasteiger partial charge on any atom is 0.258 e. The van der Waals surface area contributed by atoms with E-state index in [-0.39, 0.29) is 5.57 Å². The molecule has 3 aromatic rings. The highest BCUT2D eigenvalue weighted by molar-refractivity contribution is 6.16. The number of pyridine rings is 1. The van der Waals surface area contributed by atoms with Gasteiger partial charge in [-0.25, -0.2) is 9.67 Å². The molecule has 9 nitrogen and oxygen atoms in total. The first kappa shape index (κ1) is 26.0. The fourth-order valence-corrected chi connectivity index (χ4v) is 2.70. The van der Waals surface area contributed by atoms with E-state index in [1.54, 1.807) is 48.0 Å². The number of hydrogen-bond acceptors (Lipinski definition) is 7. The Hall–Kier alpha value is -4.27. The molecule has 2 heterocycles. The molecule has 0 bridgehead atoms. The Balaban J connectivity index is 0.000000945. The first-order valence-electron chi connectivity index (χ1n) is 11.1. The molecule has 34 heavy (non-hydrogen) atoms. The van der Waals surface area contributed by atoms with Gasteiger partial charge < -0.3 is 27.2 Å². The van der Waals surface area contributed by atoms with Crippen molar-refractivity contribution in [2.75, 3.05) is 16.4 Å². The van der Waals surface area contributed by atoms with Crippen LogP contribution >= 0.6 is 0 Å². The Labute approximate surface area is 200 Å². The molecule has 1 aromatic carbocycles. The van der Waals surface area contributed by atoms with Crippen molar-refractivity contribution in [1.29, 1.82) is 10.8 Å². The fraction of sp³-hybridized carbons (Fsp3) is 0.240. The molecule has 2 aromatic heterocycles.